The Morgan fingerprint density at radius 2 is 2.32 bits per heavy atom. The topological polar surface area (TPSA) is 64.7 Å². The molecule has 0 radical (unpaired) electrons. The number of unbranched alkanes of at least 4 members (excludes halogenated alkanes) is 1. The van der Waals surface area contributed by atoms with Crippen LogP contribution in [0.3, 0.4) is 0 Å². The molecular formula is C13H24N4O2. The molecule has 2 aliphatic rings. The molecule has 19 heavy (non-hydrogen) atoms. The van der Waals surface area contributed by atoms with Gasteiger partial charge in [-0.25, -0.2) is 9.59 Å². The number of carbonyl (C=O) groups excluding carboxylic acids is 2. The third-order valence-electron chi connectivity index (χ3n) is 3.82. The van der Waals surface area contributed by atoms with E-state index in [1.807, 2.05) is 9.80 Å². The maximum Gasteiger partial charge on any atom is 0.317 e. The molecule has 6 heteroatoms. The number of urea groups is 2. The Balaban J connectivity index is 1.82. The van der Waals surface area contributed by atoms with Crippen molar-refractivity contribution in [2.75, 3.05) is 32.7 Å². The lowest BCUT2D eigenvalue weighted by molar-refractivity contribution is 0.133. The molecule has 2 aliphatic heterocycles. The molecule has 4 amide bonds. The molecule has 0 saturated carbocycles. The third-order valence-corrected chi connectivity index (χ3v) is 3.82. The van der Waals surface area contributed by atoms with Gasteiger partial charge in [-0.15, -0.1) is 0 Å². The molecule has 0 bridgehead atoms. The highest BCUT2D eigenvalue weighted by Crippen LogP contribution is 2.17. The molecule has 2 fully saturated rings. The van der Waals surface area contributed by atoms with E-state index in [1.54, 1.807) is 0 Å². The van der Waals surface area contributed by atoms with Crippen LogP contribution in [0.15, 0.2) is 0 Å². The highest BCUT2D eigenvalue weighted by atomic mass is 16.2. The Labute approximate surface area is 114 Å². The summed E-state index contributed by atoms with van der Waals surface area (Å²) in [4.78, 5) is 27.4. The average Bonchev–Trinajstić information content (AvgIpc) is 2.85. The van der Waals surface area contributed by atoms with Gasteiger partial charge in [-0.2, -0.15) is 0 Å². The summed E-state index contributed by atoms with van der Waals surface area (Å²) in [6.45, 7) is 5.78. The summed E-state index contributed by atoms with van der Waals surface area (Å²) in [5.41, 5.74) is 0. The second-order valence-corrected chi connectivity index (χ2v) is 5.25. The summed E-state index contributed by atoms with van der Waals surface area (Å²) in [5.74, 6) is 0. The molecular weight excluding hydrogens is 244 g/mol. The van der Waals surface area contributed by atoms with Crippen LogP contribution in [0.5, 0.6) is 0 Å². The van der Waals surface area contributed by atoms with Crippen LogP contribution in [-0.2, 0) is 0 Å². The highest BCUT2D eigenvalue weighted by molar-refractivity contribution is 5.77. The van der Waals surface area contributed by atoms with E-state index in [4.69, 9.17) is 0 Å². The van der Waals surface area contributed by atoms with Gasteiger partial charge in [0.25, 0.3) is 0 Å². The van der Waals surface area contributed by atoms with Crippen LogP contribution in [-0.4, -0.2) is 60.6 Å². The number of carbonyl (C=O) groups is 2. The van der Waals surface area contributed by atoms with Gasteiger partial charge in [0, 0.05) is 32.7 Å². The van der Waals surface area contributed by atoms with Gasteiger partial charge in [-0.05, 0) is 19.3 Å². The zero-order valence-corrected chi connectivity index (χ0v) is 11.7. The molecule has 0 aromatic rings. The van der Waals surface area contributed by atoms with Crippen molar-refractivity contribution in [2.45, 2.75) is 38.6 Å². The third kappa shape index (κ3) is 3.52. The van der Waals surface area contributed by atoms with Gasteiger partial charge in [0.05, 0.1) is 6.04 Å². The Morgan fingerprint density at radius 1 is 1.47 bits per heavy atom. The number of rotatable bonds is 4. The Bertz CT molecular complexity index is 335. The van der Waals surface area contributed by atoms with Crippen molar-refractivity contribution < 1.29 is 9.59 Å². The summed E-state index contributed by atoms with van der Waals surface area (Å²) in [7, 11) is 0. The fourth-order valence-electron chi connectivity index (χ4n) is 2.71. The van der Waals surface area contributed by atoms with Crippen molar-refractivity contribution in [3.05, 3.63) is 0 Å². The first-order valence-corrected chi connectivity index (χ1v) is 7.29. The summed E-state index contributed by atoms with van der Waals surface area (Å²) in [6.07, 6.45) is 4.05. The smallest absolute Gasteiger partial charge is 0.317 e. The molecule has 108 valence electrons. The average molecular weight is 268 g/mol. The predicted octanol–water partition coefficient (Wildman–Crippen LogP) is 0.986. The first-order valence-electron chi connectivity index (χ1n) is 7.29. The summed E-state index contributed by atoms with van der Waals surface area (Å²) in [6, 6.07) is 0.198. The summed E-state index contributed by atoms with van der Waals surface area (Å²) < 4.78 is 0. The zero-order chi connectivity index (χ0) is 13.7. The minimum Gasteiger partial charge on any atom is -0.338 e. The minimum absolute atomic E-state index is 0.0118. The van der Waals surface area contributed by atoms with Gasteiger partial charge in [-0.1, -0.05) is 13.3 Å². The molecule has 6 nitrogen and oxygen atoms in total. The number of hydrogen-bond donors (Lipinski definition) is 2. The SMILES string of the molecule is CCCCNC(=O)N1CCCC(N2CCNC2=O)C1. The molecule has 0 spiro atoms. The maximum atomic E-state index is 12.0. The van der Waals surface area contributed by atoms with Crippen molar-refractivity contribution in [1.82, 2.24) is 20.4 Å². The molecule has 0 aromatic heterocycles. The van der Waals surface area contributed by atoms with E-state index in [0.29, 0.717) is 6.54 Å². The van der Waals surface area contributed by atoms with Crippen LogP contribution in [0.1, 0.15) is 32.6 Å². The van der Waals surface area contributed by atoms with Crippen LogP contribution in [0, 0.1) is 0 Å². The van der Waals surface area contributed by atoms with Gasteiger partial charge in [0.1, 0.15) is 0 Å². The number of nitrogens with zero attached hydrogens (tertiary/aromatic N) is 2. The Morgan fingerprint density at radius 3 is 3.00 bits per heavy atom. The van der Waals surface area contributed by atoms with Gasteiger partial charge >= 0.3 is 12.1 Å². The normalized spacial score (nSPS) is 23.4. The molecule has 2 saturated heterocycles. The predicted molar refractivity (Wildman–Crippen MR) is 73.0 cm³/mol. The first-order chi connectivity index (χ1) is 9.22. The summed E-state index contributed by atoms with van der Waals surface area (Å²) >= 11 is 0. The lowest BCUT2D eigenvalue weighted by Crippen LogP contribution is -2.53. The second-order valence-electron chi connectivity index (χ2n) is 5.25. The van der Waals surface area contributed by atoms with E-state index in [0.717, 1.165) is 51.9 Å². The lowest BCUT2D eigenvalue weighted by atomic mass is 10.0. The number of piperidine rings is 1. The Kier molecular flexibility index (Phi) is 4.87. The zero-order valence-electron chi connectivity index (χ0n) is 11.7. The molecule has 2 heterocycles. The number of amides is 4. The number of hydrogen-bond acceptors (Lipinski definition) is 2. The fourth-order valence-corrected chi connectivity index (χ4v) is 2.71. The monoisotopic (exact) mass is 268 g/mol. The van der Waals surface area contributed by atoms with E-state index >= 15 is 0 Å². The van der Waals surface area contributed by atoms with E-state index in [1.165, 1.54) is 0 Å². The molecule has 2 N–H and O–H groups in total. The lowest BCUT2D eigenvalue weighted by Gasteiger charge is -2.37. The largest absolute Gasteiger partial charge is 0.338 e. The molecule has 0 aromatic carbocycles. The molecule has 1 unspecified atom stereocenters. The standard InChI is InChI=1S/C13H24N4O2/c1-2-3-6-14-12(18)16-8-4-5-11(10-16)17-9-7-15-13(17)19/h11H,2-10H2,1H3,(H,14,18)(H,15,19). The maximum absolute atomic E-state index is 12.0. The summed E-state index contributed by atoms with van der Waals surface area (Å²) in [5, 5.41) is 5.76. The number of likely N-dealkylation sites (tertiary alicyclic amines) is 1. The van der Waals surface area contributed by atoms with Gasteiger partial charge < -0.3 is 20.4 Å². The van der Waals surface area contributed by atoms with Crippen LogP contribution < -0.4 is 10.6 Å². The molecule has 1 atom stereocenters. The van der Waals surface area contributed by atoms with Crippen LogP contribution in [0.25, 0.3) is 0 Å². The minimum atomic E-state index is 0.0118. The van der Waals surface area contributed by atoms with Crippen LogP contribution >= 0.6 is 0 Å². The van der Waals surface area contributed by atoms with Crippen molar-refractivity contribution in [3.8, 4) is 0 Å². The fraction of sp³-hybridized carbons (Fsp3) is 0.846. The quantitative estimate of drug-likeness (QED) is 0.747. The van der Waals surface area contributed by atoms with E-state index in [9.17, 15) is 9.59 Å². The van der Waals surface area contributed by atoms with Crippen LogP contribution in [0.4, 0.5) is 9.59 Å². The first kappa shape index (κ1) is 14.0. The van der Waals surface area contributed by atoms with Gasteiger partial charge in [-0.3, -0.25) is 0 Å². The van der Waals surface area contributed by atoms with Crippen LogP contribution in [0.2, 0.25) is 0 Å². The second kappa shape index (κ2) is 6.63. The number of nitrogens with one attached hydrogen (secondary N) is 2. The van der Waals surface area contributed by atoms with E-state index in [-0.39, 0.29) is 18.1 Å². The van der Waals surface area contributed by atoms with Gasteiger partial charge in [0.15, 0.2) is 0 Å². The molecule has 0 aliphatic carbocycles. The van der Waals surface area contributed by atoms with Crippen molar-refractivity contribution >= 4 is 12.1 Å². The highest BCUT2D eigenvalue weighted by Gasteiger charge is 2.32. The van der Waals surface area contributed by atoms with Gasteiger partial charge in [0.2, 0.25) is 0 Å². The van der Waals surface area contributed by atoms with Crippen molar-refractivity contribution in [2.24, 2.45) is 0 Å². The molecule has 2 rings (SSSR count). The van der Waals surface area contributed by atoms with Crippen molar-refractivity contribution in [1.29, 1.82) is 0 Å². The van der Waals surface area contributed by atoms with E-state index < -0.39 is 0 Å². The van der Waals surface area contributed by atoms with E-state index in [2.05, 4.69) is 17.6 Å². The van der Waals surface area contributed by atoms with Crippen molar-refractivity contribution in [3.63, 3.8) is 0 Å². The Hall–Kier alpha value is -1.46.